The topological polar surface area (TPSA) is 64.2 Å². The largest absolute Gasteiger partial charge is 0.419 e. The van der Waals surface area contributed by atoms with E-state index in [1.54, 1.807) is 0 Å². The SMILES string of the molecule is CCc1nnc(-c2cc3ccccc3n2CC(=O)N(CC)CC)o1. The molecule has 6 nitrogen and oxygen atoms in total. The van der Waals surface area contributed by atoms with Crippen LogP contribution in [0.25, 0.3) is 22.5 Å². The first kappa shape index (κ1) is 16.2. The number of para-hydroxylation sites is 1. The van der Waals surface area contributed by atoms with Gasteiger partial charge in [0, 0.05) is 30.4 Å². The fourth-order valence-electron chi connectivity index (χ4n) is 2.87. The van der Waals surface area contributed by atoms with Crippen LogP contribution in [0.5, 0.6) is 0 Å². The molecule has 0 saturated carbocycles. The number of hydrogen-bond acceptors (Lipinski definition) is 4. The molecule has 1 aromatic carbocycles. The summed E-state index contributed by atoms with van der Waals surface area (Å²) in [6.07, 6.45) is 0.686. The highest BCUT2D eigenvalue weighted by Gasteiger charge is 2.19. The first-order valence-corrected chi connectivity index (χ1v) is 8.36. The van der Waals surface area contributed by atoms with Crippen molar-refractivity contribution in [1.29, 1.82) is 0 Å². The molecule has 2 aromatic heterocycles. The van der Waals surface area contributed by atoms with E-state index in [2.05, 4.69) is 10.2 Å². The maximum atomic E-state index is 12.6. The highest BCUT2D eigenvalue weighted by Crippen LogP contribution is 2.27. The maximum absolute atomic E-state index is 12.6. The Kier molecular flexibility index (Phi) is 4.64. The van der Waals surface area contributed by atoms with Crippen LogP contribution in [0.4, 0.5) is 0 Å². The summed E-state index contributed by atoms with van der Waals surface area (Å²) < 4.78 is 7.68. The van der Waals surface area contributed by atoms with Crippen molar-refractivity contribution < 1.29 is 9.21 Å². The molecular weight excluding hydrogens is 304 g/mol. The number of carbonyl (C=O) groups excluding carboxylic acids is 1. The first-order chi connectivity index (χ1) is 11.7. The van der Waals surface area contributed by atoms with Gasteiger partial charge in [-0.2, -0.15) is 0 Å². The number of likely N-dealkylation sites (N-methyl/N-ethyl adjacent to an activating group) is 1. The standard InChI is InChI=1S/C18H22N4O2/c1-4-16-19-20-18(24-16)15-11-13-9-7-8-10-14(13)22(15)12-17(23)21(5-2)6-3/h7-11H,4-6,12H2,1-3H3. The van der Waals surface area contributed by atoms with E-state index in [0.29, 0.717) is 31.3 Å². The van der Waals surface area contributed by atoms with Crippen LogP contribution in [0.2, 0.25) is 0 Å². The minimum absolute atomic E-state index is 0.0813. The average molecular weight is 326 g/mol. The Morgan fingerprint density at radius 3 is 2.58 bits per heavy atom. The van der Waals surface area contributed by atoms with E-state index in [4.69, 9.17) is 4.42 Å². The summed E-state index contributed by atoms with van der Waals surface area (Å²) in [6, 6.07) is 9.97. The van der Waals surface area contributed by atoms with Gasteiger partial charge in [-0.05, 0) is 26.0 Å². The second-order valence-corrected chi connectivity index (χ2v) is 5.60. The number of aryl methyl sites for hydroxylation is 1. The molecule has 0 atom stereocenters. The van der Waals surface area contributed by atoms with E-state index < -0.39 is 0 Å². The molecule has 0 unspecified atom stereocenters. The Hall–Kier alpha value is -2.63. The van der Waals surface area contributed by atoms with Crippen LogP contribution in [0, 0.1) is 0 Å². The summed E-state index contributed by atoms with van der Waals surface area (Å²) in [4.78, 5) is 14.4. The second kappa shape index (κ2) is 6.86. The molecule has 0 aliphatic heterocycles. The van der Waals surface area contributed by atoms with E-state index in [1.807, 2.05) is 60.6 Å². The molecule has 0 aliphatic carbocycles. The predicted molar refractivity (Wildman–Crippen MR) is 92.5 cm³/mol. The number of nitrogens with zero attached hydrogens (tertiary/aromatic N) is 4. The lowest BCUT2D eigenvalue weighted by atomic mass is 10.2. The third-order valence-electron chi connectivity index (χ3n) is 4.21. The van der Waals surface area contributed by atoms with Crippen molar-refractivity contribution in [2.45, 2.75) is 33.7 Å². The monoisotopic (exact) mass is 326 g/mol. The van der Waals surface area contributed by atoms with Gasteiger partial charge in [0.2, 0.25) is 11.8 Å². The highest BCUT2D eigenvalue weighted by molar-refractivity contribution is 5.88. The van der Waals surface area contributed by atoms with Crippen LogP contribution < -0.4 is 0 Å². The van der Waals surface area contributed by atoms with Crippen LogP contribution in [-0.4, -0.2) is 38.7 Å². The van der Waals surface area contributed by atoms with Gasteiger partial charge in [0.15, 0.2) is 0 Å². The minimum Gasteiger partial charge on any atom is -0.419 e. The molecule has 3 aromatic rings. The van der Waals surface area contributed by atoms with Crippen molar-refractivity contribution in [3.8, 4) is 11.6 Å². The first-order valence-electron chi connectivity index (χ1n) is 8.36. The summed E-state index contributed by atoms with van der Waals surface area (Å²) in [5.41, 5.74) is 1.77. The molecule has 0 saturated heterocycles. The Labute approximate surface area is 141 Å². The molecule has 0 radical (unpaired) electrons. The van der Waals surface area contributed by atoms with Crippen LogP contribution in [0.3, 0.4) is 0 Å². The van der Waals surface area contributed by atoms with Crippen LogP contribution >= 0.6 is 0 Å². The van der Waals surface area contributed by atoms with E-state index >= 15 is 0 Å². The molecule has 0 fully saturated rings. The van der Waals surface area contributed by atoms with Gasteiger partial charge in [0.1, 0.15) is 12.2 Å². The van der Waals surface area contributed by atoms with E-state index in [0.717, 1.165) is 16.6 Å². The molecule has 24 heavy (non-hydrogen) atoms. The van der Waals surface area contributed by atoms with Crippen molar-refractivity contribution in [3.63, 3.8) is 0 Å². The number of fused-ring (bicyclic) bond motifs is 1. The van der Waals surface area contributed by atoms with Crippen molar-refractivity contribution in [1.82, 2.24) is 19.7 Å². The predicted octanol–water partition coefficient (Wildman–Crippen LogP) is 3.12. The van der Waals surface area contributed by atoms with Gasteiger partial charge in [0.25, 0.3) is 5.89 Å². The Bertz CT molecular complexity index is 846. The van der Waals surface area contributed by atoms with Gasteiger partial charge in [-0.15, -0.1) is 10.2 Å². The van der Waals surface area contributed by atoms with Gasteiger partial charge in [-0.25, -0.2) is 0 Å². The van der Waals surface area contributed by atoms with E-state index in [-0.39, 0.29) is 12.5 Å². The van der Waals surface area contributed by atoms with Crippen LogP contribution in [0.1, 0.15) is 26.7 Å². The molecule has 2 heterocycles. The number of rotatable bonds is 6. The Balaban J connectivity index is 2.07. The summed E-state index contributed by atoms with van der Waals surface area (Å²) >= 11 is 0. The Morgan fingerprint density at radius 2 is 1.92 bits per heavy atom. The van der Waals surface area contributed by atoms with Crippen molar-refractivity contribution in [2.75, 3.05) is 13.1 Å². The van der Waals surface area contributed by atoms with Gasteiger partial charge >= 0.3 is 0 Å². The number of hydrogen-bond donors (Lipinski definition) is 0. The number of amides is 1. The Morgan fingerprint density at radius 1 is 1.17 bits per heavy atom. The third kappa shape index (κ3) is 2.91. The van der Waals surface area contributed by atoms with E-state index in [9.17, 15) is 4.79 Å². The molecule has 1 amide bonds. The molecule has 126 valence electrons. The molecule has 6 heteroatoms. The number of aromatic nitrogens is 3. The van der Waals surface area contributed by atoms with Crippen molar-refractivity contribution in [2.24, 2.45) is 0 Å². The molecule has 0 spiro atoms. The van der Waals surface area contributed by atoms with Gasteiger partial charge in [0.05, 0.1) is 0 Å². The minimum atomic E-state index is 0.0813. The normalized spacial score (nSPS) is 11.1. The quantitative estimate of drug-likeness (QED) is 0.698. The van der Waals surface area contributed by atoms with Gasteiger partial charge in [-0.1, -0.05) is 25.1 Å². The molecular formula is C18H22N4O2. The zero-order chi connectivity index (χ0) is 17.1. The number of benzene rings is 1. The van der Waals surface area contributed by atoms with Crippen molar-refractivity contribution in [3.05, 3.63) is 36.2 Å². The summed E-state index contributed by atoms with van der Waals surface area (Å²) in [6.45, 7) is 7.60. The van der Waals surface area contributed by atoms with Crippen molar-refractivity contribution >= 4 is 16.8 Å². The fraction of sp³-hybridized carbons (Fsp3) is 0.389. The molecule has 0 aliphatic rings. The lowest BCUT2D eigenvalue weighted by molar-refractivity contribution is -0.131. The molecule has 0 N–H and O–H groups in total. The second-order valence-electron chi connectivity index (χ2n) is 5.60. The zero-order valence-electron chi connectivity index (χ0n) is 14.3. The summed E-state index contributed by atoms with van der Waals surface area (Å²) in [7, 11) is 0. The highest BCUT2D eigenvalue weighted by atomic mass is 16.4. The van der Waals surface area contributed by atoms with Crippen LogP contribution in [-0.2, 0) is 17.8 Å². The fourth-order valence-corrected chi connectivity index (χ4v) is 2.87. The summed E-state index contributed by atoms with van der Waals surface area (Å²) in [5.74, 6) is 1.13. The zero-order valence-corrected chi connectivity index (χ0v) is 14.3. The van der Waals surface area contributed by atoms with E-state index in [1.165, 1.54) is 0 Å². The van der Waals surface area contributed by atoms with Gasteiger partial charge in [-0.3, -0.25) is 4.79 Å². The third-order valence-corrected chi connectivity index (χ3v) is 4.21. The average Bonchev–Trinajstić information content (AvgIpc) is 3.21. The van der Waals surface area contributed by atoms with Gasteiger partial charge < -0.3 is 13.9 Å². The van der Waals surface area contributed by atoms with Crippen LogP contribution in [0.15, 0.2) is 34.7 Å². The lowest BCUT2D eigenvalue weighted by Gasteiger charge is -2.19. The smallest absolute Gasteiger partial charge is 0.264 e. The number of carbonyl (C=O) groups is 1. The summed E-state index contributed by atoms with van der Waals surface area (Å²) in [5, 5.41) is 9.24. The maximum Gasteiger partial charge on any atom is 0.264 e. The molecule has 3 rings (SSSR count). The lowest BCUT2D eigenvalue weighted by Crippen LogP contribution is -2.33. The molecule has 0 bridgehead atoms.